The standard InChI is InChI=1S/C25H23Cl2N3O3S/c26-16-11-28-12-17(27)19(16)20-15(21(33-30-20)14-1-2-14)3-4-24-5-8-25(9-6-24,10-7-24)23-29-18(13-34-23)22(31)32/h3-4,11-14H,1-2,5-10H2,(H,31,32)/b4-3+. The molecule has 176 valence electrons. The van der Waals surface area contributed by atoms with Crippen LogP contribution in [0.25, 0.3) is 17.3 Å². The van der Waals surface area contributed by atoms with Gasteiger partial charge in [0.25, 0.3) is 0 Å². The van der Waals surface area contributed by atoms with E-state index in [-0.39, 0.29) is 16.5 Å². The highest BCUT2D eigenvalue weighted by molar-refractivity contribution is 7.10. The van der Waals surface area contributed by atoms with Crippen molar-refractivity contribution in [1.29, 1.82) is 0 Å². The van der Waals surface area contributed by atoms with Crippen molar-refractivity contribution in [3.63, 3.8) is 0 Å². The second kappa shape index (κ2) is 8.18. The fraction of sp³-hybridized carbons (Fsp3) is 0.440. The third-order valence-corrected chi connectivity index (χ3v) is 9.54. The topological polar surface area (TPSA) is 89.1 Å². The molecule has 0 aromatic carbocycles. The minimum Gasteiger partial charge on any atom is -0.476 e. The fourth-order valence-corrected chi connectivity index (χ4v) is 7.22. The van der Waals surface area contributed by atoms with Gasteiger partial charge in [0.2, 0.25) is 0 Å². The highest BCUT2D eigenvalue weighted by Crippen LogP contribution is 2.59. The van der Waals surface area contributed by atoms with Gasteiger partial charge >= 0.3 is 5.97 Å². The van der Waals surface area contributed by atoms with Crippen LogP contribution in [0.2, 0.25) is 10.0 Å². The van der Waals surface area contributed by atoms with Crippen LogP contribution >= 0.6 is 34.5 Å². The molecule has 0 aliphatic heterocycles. The van der Waals surface area contributed by atoms with Gasteiger partial charge in [-0.2, -0.15) is 0 Å². The second-order valence-electron chi connectivity index (χ2n) is 9.88. The van der Waals surface area contributed by atoms with Gasteiger partial charge < -0.3 is 9.63 Å². The van der Waals surface area contributed by atoms with Gasteiger partial charge in [-0.15, -0.1) is 11.3 Å². The minimum atomic E-state index is -0.951. The smallest absolute Gasteiger partial charge is 0.355 e. The van der Waals surface area contributed by atoms with Crippen LogP contribution in [-0.4, -0.2) is 26.2 Å². The van der Waals surface area contributed by atoms with Crippen molar-refractivity contribution < 1.29 is 14.4 Å². The third kappa shape index (κ3) is 3.69. The number of halogens is 2. The van der Waals surface area contributed by atoms with Crippen molar-refractivity contribution in [2.24, 2.45) is 5.41 Å². The SMILES string of the molecule is O=C(O)c1csc(C23CCC(/C=C/c4c(-c5c(Cl)cncc5Cl)noc4C4CC4)(CC2)CC3)n1. The summed E-state index contributed by atoms with van der Waals surface area (Å²) in [6.07, 6.45) is 16.1. The molecular formula is C25H23Cl2N3O3S. The maximum atomic E-state index is 11.3. The first kappa shape index (κ1) is 22.3. The predicted molar refractivity (Wildman–Crippen MR) is 132 cm³/mol. The Morgan fingerprint density at radius 3 is 2.38 bits per heavy atom. The fourth-order valence-electron chi connectivity index (χ4n) is 5.59. The van der Waals surface area contributed by atoms with Gasteiger partial charge in [-0.1, -0.05) is 40.5 Å². The molecule has 1 N–H and O–H groups in total. The van der Waals surface area contributed by atoms with E-state index in [1.165, 1.54) is 11.3 Å². The van der Waals surface area contributed by atoms with Gasteiger partial charge in [-0.25, -0.2) is 9.78 Å². The van der Waals surface area contributed by atoms with Gasteiger partial charge in [0.15, 0.2) is 5.69 Å². The third-order valence-electron chi connectivity index (χ3n) is 7.88. The Labute approximate surface area is 211 Å². The summed E-state index contributed by atoms with van der Waals surface area (Å²) in [5, 5.41) is 17.2. The van der Waals surface area contributed by atoms with Crippen molar-refractivity contribution in [1.82, 2.24) is 15.1 Å². The molecule has 4 aliphatic carbocycles. The summed E-state index contributed by atoms with van der Waals surface area (Å²) in [6, 6.07) is 0. The van der Waals surface area contributed by atoms with Crippen LogP contribution in [0.15, 0.2) is 28.4 Å². The summed E-state index contributed by atoms with van der Waals surface area (Å²) in [6.45, 7) is 0. The number of hydrogen-bond acceptors (Lipinski definition) is 6. The highest BCUT2D eigenvalue weighted by Gasteiger charge is 2.49. The Balaban J connectivity index is 1.29. The number of thiazole rings is 1. The molecule has 9 heteroatoms. The zero-order chi connectivity index (χ0) is 23.5. The Morgan fingerprint density at radius 1 is 1.12 bits per heavy atom. The van der Waals surface area contributed by atoms with Crippen molar-refractivity contribution in [3.05, 3.63) is 55.9 Å². The molecule has 4 fully saturated rings. The van der Waals surface area contributed by atoms with Crippen LogP contribution < -0.4 is 0 Å². The number of carboxylic acid groups (broad SMARTS) is 1. The number of aromatic nitrogens is 3. The molecule has 2 bridgehead atoms. The monoisotopic (exact) mass is 515 g/mol. The molecule has 3 heterocycles. The highest BCUT2D eigenvalue weighted by atomic mass is 35.5. The largest absolute Gasteiger partial charge is 0.476 e. The molecule has 34 heavy (non-hydrogen) atoms. The first-order valence-electron chi connectivity index (χ1n) is 11.6. The van der Waals surface area contributed by atoms with E-state index in [0.717, 1.165) is 67.7 Å². The number of nitrogens with zero attached hydrogens (tertiary/aromatic N) is 3. The van der Waals surface area contributed by atoms with Gasteiger partial charge in [0.1, 0.15) is 11.5 Å². The molecule has 0 amide bonds. The Bertz CT molecular complexity index is 1270. The number of hydrogen-bond donors (Lipinski definition) is 1. The van der Waals surface area contributed by atoms with E-state index >= 15 is 0 Å². The summed E-state index contributed by atoms with van der Waals surface area (Å²) in [5.41, 5.74) is 2.62. The molecule has 4 saturated carbocycles. The molecule has 3 aromatic heterocycles. The Kier molecular flexibility index (Phi) is 5.35. The van der Waals surface area contributed by atoms with Crippen LogP contribution in [0.4, 0.5) is 0 Å². The molecule has 0 atom stereocenters. The molecule has 7 rings (SSSR count). The normalized spacial score (nSPS) is 26.4. The summed E-state index contributed by atoms with van der Waals surface area (Å²) in [7, 11) is 0. The van der Waals surface area contributed by atoms with E-state index in [1.54, 1.807) is 17.8 Å². The molecular weight excluding hydrogens is 493 g/mol. The number of carboxylic acids is 1. The predicted octanol–water partition coefficient (Wildman–Crippen LogP) is 7.38. The molecule has 0 saturated heterocycles. The quantitative estimate of drug-likeness (QED) is 0.368. The van der Waals surface area contributed by atoms with E-state index in [4.69, 9.17) is 27.7 Å². The van der Waals surface area contributed by atoms with E-state index in [0.29, 0.717) is 27.2 Å². The van der Waals surface area contributed by atoms with Gasteiger partial charge in [-0.05, 0) is 56.8 Å². The van der Waals surface area contributed by atoms with Gasteiger partial charge in [-0.3, -0.25) is 4.98 Å². The molecule has 3 aromatic rings. The van der Waals surface area contributed by atoms with Gasteiger partial charge in [0, 0.05) is 40.2 Å². The van der Waals surface area contributed by atoms with E-state index < -0.39 is 5.97 Å². The van der Waals surface area contributed by atoms with E-state index in [9.17, 15) is 9.90 Å². The summed E-state index contributed by atoms with van der Waals surface area (Å²) >= 11 is 14.4. The zero-order valence-electron chi connectivity index (χ0n) is 18.4. The summed E-state index contributed by atoms with van der Waals surface area (Å²) in [5.74, 6) is 0.362. The summed E-state index contributed by atoms with van der Waals surface area (Å²) in [4.78, 5) is 19.8. The second-order valence-corrected chi connectivity index (χ2v) is 11.6. The van der Waals surface area contributed by atoms with Crippen molar-refractivity contribution in [2.75, 3.05) is 0 Å². The first-order chi connectivity index (χ1) is 16.4. The molecule has 4 aliphatic rings. The summed E-state index contributed by atoms with van der Waals surface area (Å²) < 4.78 is 5.80. The first-order valence-corrected chi connectivity index (χ1v) is 13.2. The van der Waals surface area contributed by atoms with E-state index in [2.05, 4.69) is 27.3 Å². The number of pyridine rings is 1. The molecule has 0 radical (unpaired) electrons. The number of fused-ring (bicyclic) bond motifs is 3. The van der Waals surface area contributed by atoms with Crippen LogP contribution in [0.3, 0.4) is 0 Å². The number of rotatable bonds is 6. The number of aromatic carboxylic acids is 1. The average Bonchev–Trinajstić information content (AvgIpc) is 3.39. The Morgan fingerprint density at radius 2 is 1.79 bits per heavy atom. The van der Waals surface area contributed by atoms with Gasteiger partial charge in [0.05, 0.1) is 15.1 Å². The molecule has 6 nitrogen and oxygen atoms in total. The van der Waals surface area contributed by atoms with Crippen molar-refractivity contribution in [2.45, 2.75) is 62.7 Å². The maximum Gasteiger partial charge on any atom is 0.355 e. The molecule has 0 unspecified atom stereocenters. The average molecular weight is 516 g/mol. The lowest BCUT2D eigenvalue weighted by Gasteiger charge is -2.51. The Hall–Kier alpha value is -2.22. The maximum absolute atomic E-state index is 11.3. The lowest BCUT2D eigenvalue weighted by molar-refractivity contribution is 0.0684. The van der Waals surface area contributed by atoms with Crippen LogP contribution in [0.1, 0.15) is 84.1 Å². The number of carbonyl (C=O) groups is 1. The lowest BCUT2D eigenvalue weighted by atomic mass is 9.54. The van der Waals surface area contributed by atoms with Crippen molar-refractivity contribution in [3.8, 4) is 11.3 Å². The molecule has 0 spiro atoms. The van der Waals surface area contributed by atoms with Crippen LogP contribution in [0.5, 0.6) is 0 Å². The lowest BCUT2D eigenvalue weighted by Crippen LogP contribution is -2.43. The van der Waals surface area contributed by atoms with E-state index in [1.807, 2.05) is 0 Å². The van der Waals surface area contributed by atoms with Crippen LogP contribution in [-0.2, 0) is 5.41 Å². The van der Waals surface area contributed by atoms with Crippen molar-refractivity contribution >= 4 is 46.6 Å². The minimum absolute atomic E-state index is 0.0214. The van der Waals surface area contributed by atoms with Crippen LogP contribution in [0, 0.1) is 5.41 Å². The zero-order valence-corrected chi connectivity index (χ0v) is 20.7. The number of allylic oxidation sites excluding steroid dienone is 1.